The van der Waals surface area contributed by atoms with Crippen LogP contribution >= 0.6 is 0 Å². The molecule has 0 unspecified atom stereocenters. The molecular formula is C15H18N2O. The lowest BCUT2D eigenvalue weighted by atomic mass is 10.0. The Morgan fingerprint density at radius 2 is 1.89 bits per heavy atom. The molecule has 3 rings (SSSR count). The maximum atomic E-state index is 12.5. The Labute approximate surface area is 107 Å². The van der Waals surface area contributed by atoms with Gasteiger partial charge in [0.15, 0.2) is 0 Å². The van der Waals surface area contributed by atoms with Gasteiger partial charge in [0.05, 0.1) is 0 Å². The van der Waals surface area contributed by atoms with Gasteiger partial charge in [0.25, 0.3) is 5.91 Å². The van der Waals surface area contributed by atoms with Gasteiger partial charge in [-0.2, -0.15) is 0 Å². The van der Waals surface area contributed by atoms with Crippen molar-refractivity contribution in [2.24, 2.45) is 7.05 Å². The third kappa shape index (κ3) is 1.54. The van der Waals surface area contributed by atoms with Crippen molar-refractivity contribution in [3.63, 3.8) is 0 Å². The minimum Gasteiger partial charge on any atom is -0.340 e. The molecule has 3 heteroatoms. The first-order valence-electron chi connectivity index (χ1n) is 6.52. The van der Waals surface area contributed by atoms with E-state index in [0.29, 0.717) is 0 Å². The average molecular weight is 242 g/mol. The molecule has 0 saturated heterocycles. The fraction of sp³-hybridized carbons (Fsp3) is 0.400. The quantitative estimate of drug-likeness (QED) is 0.697. The molecule has 0 bridgehead atoms. The SMILES string of the molecule is CN1CCCCc2c(n(C)c3ccccc23)C1=O. The van der Waals surface area contributed by atoms with Crippen molar-refractivity contribution in [2.75, 3.05) is 13.6 Å². The van der Waals surface area contributed by atoms with E-state index in [2.05, 4.69) is 22.8 Å². The van der Waals surface area contributed by atoms with Crippen molar-refractivity contribution in [3.05, 3.63) is 35.5 Å². The van der Waals surface area contributed by atoms with Crippen LogP contribution in [0.5, 0.6) is 0 Å². The van der Waals surface area contributed by atoms with Gasteiger partial charge < -0.3 is 9.47 Å². The number of fused-ring (bicyclic) bond motifs is 3. The Hall–Kier alpha value is -1.77. The topological polar surface area (TPSA) is 25.2 Å². The number of aromatic nitrogens is 1. The van der Waals surface area contributed by atoms with E-state index < -0.39 is 0 Å². The second kappa shape index (κ2) is 4.16. The standard InChI is InChI=1S/C15H18N2O/c1-16-10-6-5-8-12-11-7-3-4-9-13(11)17(2)14(12)15(16)18/h3-4,7,9H,5-6,8,10H2,1-2H3. The third-order valence-corrected chi connectivity index (χ3v) is 3.93. The van der Waals surface area contributed by atoms with Crippen molar-refractivity contribution in [1.29, 1.82) is 0 Å². The van der Waals surface area contributed by atoms with Gasteiger partial charge in [-0.15, -0.1) is 0 Å². The summed E-state index contributed by atoms with van der Waals surface area (Å²) >= 11 is 0. The van der Waals surface area contributed by atoms with E-state index in [-0.39, 0.29) is 5.91 Å². The highest BCUT2D eigenvalue weighted by Crippen LogP contribution is 2.28. The first-order chi connectivity index (χ1) is 8.70. The van der Waals surface area contributed by atoms with Crippen LogP contribution in [-0.4, -0.2) is 29.0 Å². The van der Waals surface area contributed by atoms with Gasteiger partial charge in [-0.05, 0) is 30.9 Å². The number of carbonyl (C=O) groups excluding carboxylic acids is 1. The minimum atomic E-state index is 0.156. The molecule has 1 aliphatic heterocycles. The van der Waals surface area contributed by atoms with Crippen molar-refractivity contribution < 1.29 is 4.79 Å². The van der Waals surface area contributed by atoms with Crippen LogP contribution in [0.2, 0.25) is 0 Å². The summed E-state index contributed by atoms with van der Waals surface area (Å²) in [7, 11) is 3.89. The molecule has 0 saturated carbocycles. The molecule has 1 amide bonds. The lowest BCUT2D eigenvalue weighted by molar-refractivity contribution is 0.0778. The molecule has 18 heavy (non-hydrogen) atoms. The molecular weight excluding hydrogens is 224 g/mol. The van der Waals surface area contributed by atoms with E-state index in [9.17, 15) is 4.79 Å². The summed E-state index contributed by atoms with van der Waals surface area (Å²) in [5.41, 5.74) is 3.26. The first-order valence-corrected chi connectivity index (χ1v) is 6.52. The predicted molar refractivity (Wildman–Crippen MR) is 72.8 cm³/mol. The number of para-hydroxylation sites is 1. The Balaban J connectivity index is 2.30. The Kier molecular flexibility index (Phi) is 2.62. The van der Waals surface area contributed by atoms with Crippen molar-refractivity contribution in [1.82, 2.24) is 9.47 Å². The Morgan fingerprint density at radius 3 is 2.72 bits per heavy atom. The van der Waals surface area contributed by atoms with Crippen LogP contribution in [0.4, 0.5) is 0 Å². The van der Waals surface area contributed by atoms with Crippen LogP contribution in [0.1, 0.15) is 28.9 Å². The normalized spacial score (nSPS) is 16.6. The smallest absolute Gasteiger partial charge is 0.270 e. The summed E-state index contributed by atoms with van der Waals surface area (Å²) in [6.45, 7) is 0.861. The van der Waals surface area contributed by atoms with Gasteiger partial charge in [0, 0.05) is 31.5 Å². The molecule has 1 aliphatic rings. The maximum absolute atomic E-state index is 12.5. The van der Waals surface area contributed by atoms with Crippen LogP contribution in [-0.2, 0) is 13.5 Å². The van der Waals surface area contributed by atoms with E-state index in [1.807, 2.05) is 25.1 Å². The summed E-state index contributed by atoms with van der Waals surface area (Å²) < 4.78 is 2.05. The number of hydrogen-bond acceptors (Lipinski definition) is 1. The van der Waals surface area contributed by atoms with Crippen LogP contribution in [0.15, 0.2) is 24.3 Å². The van der Waals surface area contributed by atoms with Crippen molar-refractivity contribution >= 4 is 16.8 Å². The van der Waals surface area contributed by atoms with E-state index in [1.54, 1.807) is 0 Å². The molecule has 0 fully saturated rings. The highest BCUT2D eigenvalue weighted by atomic mass is 16.2. The fourth-order valence-electron chi connectivity index (χ4n) is 2.93. The van der Waals surface area contributed by atoms with Gasteiger partial charge in [-0.1, -0.05) is 18.2 Å². The molecule has 1 aromatic heterocycles. The molecule has 94 valence electrons. The van der Waals surface area contributed by atoms with E-state index in [1.165, 1.54) is 10.9 Å². The van der Waals surface area contributed by atoms with Crippen LogP contribution in [0.25, 0.3) is 10.9 Å². The number of nitrogens with zero attached hydrogens (tertiary/aromatic N) is 2. The molecule has 2 aromatic rings. The molecule has 0 spiro atoms. The number of aryl methyl sites for hydroxylation is 2. The Bertz CT molecular complexity index is 612. The Morgan fingerprint density at radius 1 is 1.11 bits per heavy atom. The number of rotatable bonds is 0. The van der Waals surface area contributed by atoms with E-state index in [4.69, 9.17) is 0 Å². The van der Waals surface area contributed by atoms with Crippen LogP contribution in [0.3, 0.4) is 0 Å². The first kappa shape index (κ1) is 11.3. The second-order valence-corrected chi connectivity index (χ2v) is 5.09. The molecule has 0 atom stereocenters. The number of carbonyl (C=O) groups is 1. The second-order valence-electron chi connectivity index (χ2n) is 5.09. The van der Waals surface area contributed by atoms with E-state index >= 15 is 0 Å². The monoisotopic (exact) mass is 242 g/mol. The molecule has 0 N–H and O–H groups in total. The molecule has 3 nitrogen and oxygen atoms in total. The zero-order valence-corrected chi connectivity index (χ0v) is 10.9. The minimum absolute atomic E-state index is 0.156. The highest BCUT2D eigenvalue weighted by Gasteiger charge is 2.24. The van der Waals surface area contributed by atoms with Gasteiger partial charge >= 0.3 is 0 Å². The highest BCUT2D eigenvalue weighted by molar-refractivity contribution is 6.01. The average Bonchev–Trinajstić information content (AvgIpc) is 2.65. The largest absolute Gasteiger partial charge is 0.340 e. The number of hydrogen-bond donors (Lipinski definition) is 0. The lowest BCUT2D eigenvalue weighted by Crippen LogP contribution is -2.31. The lowest BCUT2D eigenvalue weighted by Gasteiger charge is -2.21. The zero-order chi connectivity index (χ0) is 12.7. The van der Waals surface area contributed by atoms with Gasteiger partial charge in [-0.3, -0.25) is 4.79 Å². The van der Waals surface area contributed by atoms with Gasteiger partial charge in [0.2, 0.25) is 0 Å². The van der Waals surface area contributed by atoms with Crippen molar-refractivity contribution in [2.45, 2.75) is 19.3 Å². The predicted octanol–water partition coefficient (Wildman–Crippen LogP) is 2.59. The zero-order valence-electron chi connectivity index (χ0n) is 10.9. The maximum Gasteiger partial charge on any atom is 0.270 e. The van der Waals surface area contributed by atoms with Crippen LogP contribution in [0, 0.1) is 0 Å². The molecule has 0 radical (unpaired) electrons. The van der Waals surface area contributed by atoms with E-state index in [0.717, 1.165) is 37.0 Å². The molecule has 0 aliphatic carbocycles. The summed E-state index contributed by atoms with van der Waals surface area (Å²) in [6, 6.07) is 8.30. The summed E-state index contributed by atoms with van der Waals surface area (Å²) in [5, 5.41) is 1.23. The third-order valence-electron chi connectivity index (χ3n) is 3.93. The number of benzene rings is 1. The fourth-order valence-corrected chi connectivity index (χ4v) is 2.93. The van der Waals surface area contributed by atoms with Gasteiger partial charge in [-0.25, -0.2) is 0 Å². The number of amides is 1. The summed E-state index contributed by atoms with van der Waals surface area (Å²) in [6.07, 6.45) is 3.25. The molecule has 2 heterocycles. The van der Waals surface area contributed by atoms with Crippen molar-refractivity contribution in [3.8, 4) is 0 Å². The van der Waals surface area contributed by atoms with Gasteiger partial charge in [0.1, 0.15) is 5.69 Å². The molecule has 1 aromatic carbocycles. The summed E-state index contributed by atoms with van der Waals surface area (Å²) in [4.78, 5) is 14.3. The van der Waals surface area contributed by atoms with Crippen LogP contribution < -0.4 is 0 Å². The summed E-state index contributed by atoms with van der Waals surface area (Å²) in [5.74, 6) is 0.156.